The Hall–Kier alpha value is -0.0800. The molecule has 0 spiro atoms. The number of rotatable bonds is 4. The molecule has 0 aromatic carbocycles. The third-order valence-electron chi connectivity index (χ3n) is 5.36. The van der Waals surface area contributed by atoms with Crippen LogP contribution in [0.1, 0.15) is 51.4 Å². The summed E-state index contributed by atoms with van der Waals surface area (Å²) in [6.07, 6.45) is 10.8. The highest BCUT2D eigenvalue weighted by Crippen LogP contribution is 2.61. The summed E-state index contributed by atoms with van der Waals surface area (Å²) < 4.78 is 0. The van der Waals surface area contributed by atoms with Gasteiger partial charge in [0, 0.05) is 12.6 Å². The van der Waals surface area contributed by atoms with Gasteiger partial charge in [0.1, 0.15) is 0 Å². The highest BCUT2D eigenvalue weighted by Gasteiger charge is 2.50. The standard InChI is InChI=1S/C14H25NO/c15-13(1-2-16)9-14-6-10-3-11(7-14)5-12(4-10)8-14/h10-13,16H,1-9,15H2. The molecule has 0 radical (unpaired) electrons. The van der Waals surface area contributed by atoms with E-state index in [0.29, 0.717) is 5.41 Å². The number of aliphatic hydroxyl groups is 1. The third kappa shape index (κ3) is 1.91. The average molecular weight is 223 g/mol. The van der Waals surface area contributed by atoms with E-state index in [-0.39, 0.29) is 12.6 Å². The van der Waals surface area contributed by atoms with E-state index in [1.54, 1.807) is 0 Å². The van der Waals surface area contributed by atoms with Crippen LogP contribution >= 0.6 is 0 Å². The molecule has 16 heavy (non-hydrogen) atoms. The predicted octanol–water partition coefficient (Wildman–Crippen LogP) is 2.30. The van der Waals surface area contributed by atoms with Crippen LogP contribution in [0, 0.1) is 23.2 Å². The summed E-state index contributed by atoms with van der Waals surface area (Å²) in [5.74, 6) is 3.06. The molecule has 4 rings (SSSR count). The van der Waals surface area contributed by atoms with Gasteiger partial charge in [-0.25, -0.2) is 0 Å². The van der Waals surface area contributed by atoms with Crippen LogP contribution in [0.25, 0.3) is 0 Å². The number of hydrogen-bond donors (Lipinski definition) is 2. The summed E-state index contributed by atoms with van der Waals surface area (Å²) in [4.78, 5) is 0. The van der Waals surface area contributed by atoms with Crippen molar-refractivity contribution in [2.75, 3.05) is 6.61 Å². The van der Waals surface area contributed by atoms with Crippen molar-refractivity contribution in [2.45, 2.75) is 57.4 Å². The van der Waals surface area contributed by atoms with E-state index in [1.807, 2.05) is 0 Å². The van der Waals surface area contributed by atoms with E-state index in [2.05, 4.69) is 0 Å². The van der Waals surface area contributed by atoms with Crippen molar-refractivity contribution in [3.8, 4) is 0 Å². The zero-order valence-electron chi connectivity index (χ0n) is 10.2. The van der Waals surface area contributed by atoms with E-state index >= 15 is 0 Å². The van der Waals surface area contributed by atoms with Gasteiger partial charge in [0.2, 0.25) is 0 Å². The Kier molecular flexibility index (Phi) is 2.75. The van der Waals surface area contributed by atoms with Gasteiger partial charge in [-0.3, -0.25) is 0 Å². The quantitative estimate of drug-likeness (QED) is 0.768. The SMILES string of the molecule is NC(CCO)CC12CC3CC(CC(C3)C1)C2. The summed E-state index contributed by atoms with van der Waals surface area (Å²) in [7, 11) is 0. The van der Waals surface area contributed by atoms with Crippen molar-refractivity contribution < 1.29 is 5.11 Å². The van der Waals surface area contributed by atoms with Crippen LogP contribution in [0.3, 0.4) is 0 Å². The summed E-state index contributed by atoms with van der Waals surface area (Å²) in [5, 5.41) is 8.97. The summed E-state index contributed by atoms with van der Waals surface area (Å²) in [6.45, 7) is 0.257. The molecule has 0 aliphatic heterocycles. The normalized spacial score (nSPS) is 47.2. The molecule has 4 aliphatic rings. The van der Waals surface area contributed by atoms with Gasteiger partial charge in [0.05, 0.1) is 0 Å². The number of nitrogens with two attached hydrogens (primary N) is 1. The van der Waals surface area contributed by atoms with Gasteiger partial charge in [-0.1, -0.05) is 0 Å². The van der Waals surface area contributed by atoms with Gasteiger partial charge in [-0.05, 0) is 74.5 Å². The van der Waals surface area contributed by atoms with Gasteiger partial charge >= 0.3 is 0 Å². The van der Waals surface area contributed by atoms with Crippen LogP contribution in [0.4, 0.5) is 0 Å². The Bertz CT molecular complexity index is 228. The van der Waals surface area contributed by atoms with Crippen molar-refractivity contribution in [3.63, 3.8) is 0 Å². The second-order valence-corrected chi connectivity index (χ2v) is 6.89. The van der Waals surface area contributed by atoms with Crippen LogP contribution in [0.5, 0.6) is 0 Å². The Morgan fingerprint density at radius 3 is 2.00 bits per heavy atom. The zero-order chi connectivity index (χ0) is 11.2. The molecule has 0 saturated heterocycles. The number of aliphatic hydroxyl groups excluding tert-OH is 1. The van der Waals surface area contributed by atoms with Gasteiger partial charge in [0.25, 0.3) is 0 Å². The van der Waals surface area contributed by atoms with Crippen LogP contribution in [0.2, 0.25) is 0 Å². The minimum Gasteiger partial charge on any atom is -0.396 e. The fourth-order valence-corrected chi connectivity index (χ4v) is 5.36. The Labute approximate surface area is 98.6 Å². The minimum atomic E-state index is 0.237. The number of hydrogen-bond acceptors (Lipinski definition) is 2. The van der Waals surface area contributed by atoms with Crippen LogP contribution in [0.15, 0.2) is 0 Å². The molecule has 0 aromatic rings. The second-order valence-electron chi connectivity index (χ2n) is 6.89. The fraction of sp³-hybridized carbons (Fsp3) is 1.00. The molecule has 0 aromatic heterocycles. The highest BCUT2D eigenvalue weighted by molar-refractivity contribution is 5.02. The van der Waals surface area contributed by atoms with Gasteiger partial charge in [0.15, 0.2) is 0 Å². The Morgan fingerprint density at radius 1 is 1.06 bits per heavy atom. The molecule has 3 N–H and O–H groups in total. The van der Waals surface area contributed by atoms with E-state index in [1.165, 1.54) is 44.9 Å². The molecule has 4 fully saturated rings. The first-order valence-corrected chi connectivity index (χ1v) is 7.05. The van der Waals surface area contributed by atoms with Crippen molar-refractivity contribution >= 4 is 0 Å². The first kappa shape index (κ1) is 11.0. The van der Waals surface area contributed by atoms with Crippen LogP contribution < -0.4 is 5.73 Å². The molecule has 0 amide bonds. The molecule has 0 heterocycles. The third-order valence-corrected chi connectivity index (χ3v) is 5.36. The smallest absolute Gasteiger partial charge is 0.0445 e. The lowest BCUT2D eigenvalue weighted by Gasteiger charge is -2.57. The molecule has 2 nitrogen and oxygen atoms in total. The summed E-state index contributed by atoms with van der Waals surface area (Å²) >= 11 is 0. The Morgan fingerprint density at radius 2 is 1.56 bits per heavy atom. The molecule has 1 atom stereocenters. The summed E-state index contributed by atoms with van der Waals surface area (Å²) in [6, 6.07) is 0.237. The monoisotopic (exact) mass is 223 g/mol. The lowest BCUT2D eigenvalue weighted by atomic mass is 9.48. The molecular weight excluding hydrogens is 198 g/mol. The van der Waals surface area contributed by atoms with Crippen molar-refractivity contribution in [3.05, 3.63) is 0 Å². The molecule has 1 unspecified atom stereocenters. The van der Waals surface area contributed by atoms with Crippen LogP contribution in [-0.4, -0.2) is 17.8 Å². The van der Waals surface area contributed by atoms with Crippen molar-refractivity contribution in [1.82, 2.24) is 0 Å². The first-order chi connectivity index (χ1) is 7.69. The fourth-order valence-electron chi connectivity index (χ4n) is 5.36. The second kappa shape index (κ2) is 3.99. The van der Waals surface area contributed by atoms with E-state index in [9.17, 15) is 0 Å². The molecule has 2 heteroatoms. The largest absolute Gasteiger partial charge is 0.396 e. The van der Waals surface area contributed by atoms with Crippen molar-refractivity contribution in [2.24, 2.45) is 28.9 Å². The summed E-state index contributed by atoms with van der Waals surface area (Å²) in [5.41, 5.74) is 6.73. The van der Waals surface area contributed by atoms with E-state index < -0.39 is 0 Å². The van der Waals surface area contributed by atoms with Gasteiger partial charge in [-0.2, -0.15) is 0 Å². The molecule has 4 aliphatic carbocycles. The van der Waals surface area contributed by atoms with E-state index in [4.69, 9.17) is 10.8 Å². The van der Waals surface area contributed by atoms with Crippen LogP contribution in [-0.2, 0) is 0 Å². The topological polar surface area (TPSA) is 46.2 Å². The maximum atomic E-state index is 8.97. The maximum absolute atomic E-state index is 8.97. The van der Waals surface area contributed by atoms with Gasteiger partial charge < -0.3 is 10.8 Å². The first-order valence-electron chi connectivity index (χ1n) is 7.05. The molecule has 4 bridgehead atoms. The lowest BCUT2D eigenvalue weighted by Crippen LogP contribution is -2.48. The molecule has 4 saturated carbocycles. The maximum Gasteiger partial charge on any atom is 0.0445 e. The zero-order valence-corrected chi connectivity index (χ0v) is 10.2. The lowest BCUT2D eigenvalue weighted by molar-refractivity contribution is -0.0610. The predicted molar refractivity (Wildman–Crippen MR) is 64.9 cm³/mol. The van der Waals surface area contributed by atoms with Gasteiger partial charge in [-0.15, -0.1) is 0 Å². The average Bonchev–Trinajstić information content (AvgIpc) is 2.13. The Balaban J connectivity index is 1.68. The van der Waals surface area contributed by atoms with Crippen molar-refractivity contribution in [1.29, 1.82) is 0 Å². The highest BCUT2D eigenvalue weighted by atomic mass is 16.3. The van der Waals surface area contributed by atoms with E-state index in [0.717, 1.165) is 24.2 Å². The molecule has 92 valence electrons. The minimum absolute atomic E-state index is 0.237. The molecular formula is C14H25NO.